The highest BCUT2D eigenvalue weighted by Gasteiger charge is 2.41. The van der Waals surface area contributed by atoms with Crippen molar-refractivity contribution in [3.63, 3.8) is 0 Å². The summed E-state index contributed by atoms with van der Waals surface area (Å²) in [6, 6.07) is 2.80. The van der Waals surface area contributed by atoms with E-state index in [1.54, 1.807) is 0 Å². The van der Waals surface area contributed by atoms with Crippen LogP contribution in [0, 0.1) is 0 Å². The average Bonchev–Trinajstić information content (AvgIpc) is 2.80. The Morgan fingerprint density at radius 2 is 1.44 bits per heavy atom. The first-order valence-corrected chi connectivity index (χ1v) is 7.92. The number of halogens is 9. The van der Waals surface area contributed by atoms with Gasteiger partial charge in [0.1, 0.15) is 17.2 Å². The number of alkyl halides is 6. The highest BCUT2D eigenvalue weighted by Crippen LogP contribution is 2.41. The van der Waals surface area contributed by atoms with E-state index in [4.69, 9.17) is 40.5 Å². The summed E-state index contributed by atoms with van der Waals surface area (Å²) in [5.41, 5.74) is 1.33. The van der Waals surface area contributed by atoms with Crippen LogP contribution >= 0.6 is 34.8 Å². The van der Waals surface area contributed by atoms with Gasteiger partial charge in [0, 0.05) is 5.02 Å². The van der Waals surface area contributed by atoms with Crippen molar-refractivity contribution in [3.8, 4) is 5.69 Å². The van der Waals surface area contributed by atoms with Gasteiger partial charge in [-0.15, -0.1) is 0 Å². The molecule has 0 unspecified atom stereocenters. The zero-order valence-corrected chi connectivity index (χ0v) is 14.8. The lowest BCUT2D eigenvalue weighted by Crippen LogP contribution is -2.15. The molecule has 0 aliphatic heterocycles. The second-order valence-corrected chi connectivity index (χ2v) is 6.51. The van der Waals surface area contributed by atoms with Gasteiger partial charge in [-0.3, -0.25) is 0 Å². The first-order chi connectivity index (χ1) is 12.3. The average molecular weight is 450 g/mol. The maximum Gasteiger partial charge on any atom is 0.434 e. The number of aromatic nitrogens is 3. The van der Waals surface area contributed by atoms with Gasteiger partial charge < -0.3 is 5.73 Å². The molecule has 2 heterocycles. The van der Waals surface area contributed by atoms with Gasteiger partial charge in [-0.25, -0.2) is 9.67 Å². The van der Waals surface area contributed by atoms with Crippen LogP contribution < -0.4 is 5.73 Å². The van der Waals surface area contributed by atoms with Gasteiger partial charge in [0.2, 0.25) is 0 Å². The minimum absolute atomic E-state index is 0.121. The molecule has 3 aromatic rings. The van der Waals surface area contributed by atoms with E-state index in [0.29, 0.717) is 10.7 Å². The first kappa shape index (κ1) is 19.8. The molecule has 0 spiro atoms. The van der Waals surface area contributed by atoms with Crippen LogP contribution in [0.4, 0.5) is 32.2 Å². The summed E-state index contributed by atoms with van der Waals surface area (Å²) in [5, 5.41) is 2.80. The van der Waals surface area contributed by atoms with Crippen molar-refractivity contribution in [1.82, 2.24) is 14.8 Å². The predicted molar refractivity (Wildman–Crippen MR) is 88.3 cm³/mol. The number of anilines is 1. The molecule has 0 amide bonds. The molecule has 13 heteroatoms. The zero-order chi connectivity index (χ0) is 20.3. The van der Waals surface area contributed by atoms with Crippen LogP contribution in [0.15, 0.2) is 18.2 Å². The number of benzene rings is 1. The van der Waals surface area contributed by atoms with E-state index in [1.165, 1.54) is 12.1 Å². The number of hydrogen-bond acceptors (Lipinski definition) is 3. The molecule has 0 fully saturated rings. The van der Waals surface area contributed by atoms with E-state index in [1.807, 2.05) is 0 Å². The van der Waals surface area contributed by atoms with Crippen LogP contribution in [0.3, 0.4) is 0 Å². The summed E-state index contributed by atoms with van der Waals surface area (Å²) in [7, 11) is 0. The highest BCUT2D eigenvalue weighted by atomic mass is 35.5. The topological polar surface area (TPSA) is 56.7 Å². The monoisotopic (exact) mass is 448 g/mol. The predicted octanol–water partition coefficient (Wildman–Crippen LogP) is 6.00. The standard InChI is InChI=1S/C14H5Cl3F6N4/c15-4-1-5(16)10(6(17)2-4)27-12(24)9-7(26-27)3-8(13(18,19)20)25-11(9)14(21,22)23/h1-3H,24H2. The maximum atomic E-state index is 13.3. The summed E-state index contributed by atoms with van der Waals surface area (Å²) in [5.74, 6) is -0.635. The van der Waals surface area contributed by atoms with Gasteiger partial charge in [0.15, 0.2) is 5.69 Å². The Balaban J connectivity index is 2.42. The van der Waals surface area contributed by atoms with Crippen molar-refractivity contribution >= 4 is 51.5 Å². The molecule has 0 atom stereocenters. The quantitative estimate of drug-likeness (QED) is 0.464. The van der Waals surface area contributed by atoms with Crippen LogP contribution in [0.2, 0.25) is 15.1 Å². The third-order valence-corrected chi connectivity index (χ3v) is 4.24. The maximum absolute atomic E-state index is 13.3. The largest absolute Gasteiger partial charge is 0.434 e. The first-order valence-electron chi connectivity index (χ1n) is 6.79. The van der Waals surface area contributed by atoms with E-state index in [9.17, 15) is 26.3 Å². The van der Waals surface area contributed by atoms with Gasteiger partial charge in [0.05, 0.1) is 20.9 Å². The van der Waals surface area contributed by atoms with Gasteiger partial charge in [-0.1, -0.05) is 34.8 Å². The lowest BCUT2D eigenvalue weighted by atomic mass is 10.2. The molecule has 2 aromatic heterocycles. The van der Waals surface area contributed by atoms with E-state index in [-0.39, 0.29) is 20.8 Å². The zero-order valence-electron chi connectivity index (χ0n) is 12.6. The summed E-state index contributed by atoms with van der Waals surface area (Å²) in [6.07, 6.45) is -10.3. The number of fused-ring (bicyclic) bond motifs is 1. The third kappa shape index (κ3) is 3.48. The molecule has 3 rings (SSSR count). The molecule has 0 saturated carbocycles. The minimum atomic E-state index is -5.21. The number of nitrogens with zero attached hydrogens (tertiary/aromatic N) is 3. The van der Waals surface area contributed by atoms with Gasteiger partial charge in [-0.2, -0.15) is 31.4 Å². The van der Waals surface area contributed by atoms with Crippen LogP contribution in [-0.2, 0) is 12.4 Å². The molecule has 0 radical (unpaired) electrons. The molecule has 0 saturated heterocycles. The highest BCUT2D eigenvalue weighted by molar-refractivity contribution is 6.40. The number of pyridine rings is 1. The Labute approximate surface area is 161 Å². The minimum Gasteiger partial charge on any atom is -0.383 e. The lowest BCUT2D eigenvalue weighted by molar-refractivity contribution is -0.149. The Kier molecular flexibility index (Phi) is 4.64. The fraction of sp³-hybridized carbons (Fsp3) is 0.143. The molecule has 27 heavy (non-hydrogen) atoms. The van der Waals surface area contributed by atoms with Crippen molar-refractivity contribution in [2.24, 2.45) is 0 Å². The molecule has 144 valence electrons. The second-order valence-electron chi connectivity index (χ2n) is 5.26. The Morgan fingerprint density at radius 1 is 0.889 bits per heavy atom. The molecular formula is C14H5Cl3F6N4. The van der Waals surface area contributed by atoms with Crippen molar-refractivity contribution in [2.75, 3.05) is 5.73 Å². The van der Waals surface area contributed by atoms with E-state index in [2.05, 4.69) is 10.1 Å². The summed E-state index contributed by atoms with van der Waals surface area (Å²) < 4.78 is 79.4. The van der Waals surface area contributed by atoms with Crippen molar-refractivity contribution in [3.05, 3.63) is 44.7 Å². The Morgan fingerprint density at radius 3 is 1.93 bits per heavy atom. The fourth-order valence-electron chi connectivity index (χ4n) is 2.39. The Bertz CT molecular complexity index is 1030. The lowest BCUT2D eigenvalue weighted by Gasteiger charge is -2.12. The number of rotatable bonds is 1. The smallest absolute Gasteiger partial charge is 0.383 e. The molecule has 2 N–H and O–H groups in total. The molecule has 1 aromatic carbocycles. The summed E-state index contributed by atoms with van der Waals surface area (Å²) in [6.45, 7) is 0. The van der Waals surface area contributed by atoms with Crippen LogP contribution in [0.1, 0.15) is 11.4 Å². The fourth-order valence-corrected chi connectivity index (χ4v) is 3.37. The van der Waals surface area contributed by atoms with Crippen LogP contribution in [0.5, 0.6) is 0 Å². The second kappa shape index (κ2) is 6.32. The normalized spacial score (nSPS) is 12.8. The van der Waals surface area contributed by atoms with Crippen molar-refractivity contribution < 1.29 is 26.3 Å². The summed E-state index contributed by atoms with van der Waals surface area (Å²) >= 11 is 17.8. The SMILES string of the molecule is Nc1c2c(C(F)(F)F)nc(C(F)(F)F)cc2nn1-c1c(Cl)cc(Cl)cc1Cl. The molecule has 0 aliphatic rings. The van der Waals surface area contributed by atoms with Gasteiger partial charge >= 0.3 is 12.4 Å². The van der Waals surface area contributed by atoms with Crippen molar-refractivity contribution in [1.29, 1.82) is 0 Å². The van der Waals surface area contributed by atoms with Crippen LogP contribution in [0.25, 0.3) is 16.6 Å². The summed E-state index contributed by atoms with van der Waals surface area (Å²) in [4.78, 5) is 2.70. The number of nitrogens with two attached hydrogens (primary N) is 1. The van der Waals surface area contributed by atoms with E-state index in [0.717, 1.165) is 0 Å². The van der Waals surface area contributed by atoms with E-state index >= 15 is 0 Å². The number of hydrogen-bond donors (Lipinski definition) is 1. The molecule has 0 bridgehead atoms. The third-order valence-electron chi connectivity index (χ3n) is 3.44. The van der Waals surface area contributed by atoms with Crippen LogP contribution in [-0.4, -0.2) is 14.8 Å². The molecule has 4 nitrogen and oxygen atoms in total. The molecule has 0 aliphatic carbocycles. The Hall–Kier alpha value is -1.91. The van der Waals surface area contributed by atoms with Gasteiger partial charge in [0.25, 0.3) is 0 Å². The van der Waals surface area contributed by atoms with Crippen molar-refractivity contribution in [2.45, 2.75) is 12.4 Å². The number of nitrogen functional groups attached to an aromatic ring is 1. The van der Waals surface area contributed by atoms with E-state index < -0.39 is 40.5 Å². The van der Waals surface area contributed by atoms with Gasteiger partial charge in [-0.05, 0) is 18.2 Å². The molecular weight excluding hydrogens is 445 g/mol.